The molecule has 2 rings (SSSR count). The van der Waals surface area contributed by atoms with E-state index in [-0.39, 0.29) is 6.61 Å². The Balaban J connectivity index is 2.02. The Morgan fingerprint density at radius 3 is 2.42 bits per heavy atom. The van der Waals surface area contributed by atoms with Gasteiger partial charge in [0.2, 0.25) is 0 Å². The average molecular weight is 490 g/mol. The van der Waals surface area contributed by atoms with Gasteiger partial charge in [0.25, 0.3) is 0 Å². The molecule has 1 heterocycles. The number of nitrogens with one attached hydrogen (secondary N) is 1. The second-order valence-electron chi connectivity index (χ2n) is 8.03. The first-order valence-electron chi connectivity index (χ1n) is 10.6. The van der Waals surface area contributed by atoms with Crippen LogP contribution in [0.2, 0.25) is 0 Å². The van der Waals surface area contributed by atoms with Gasteiger partial charge in [0.15, 0.2) is 16.1 Å². The smallest absolute Gasteiger partial charge is 0.408 e. The third-order valence-electron chi connectivity index (χ3n) is 5.41. The number of sulfone groups is 1. The monoisotopic (exact) mass is 489 g/mol. The van der Waals surface area contributed by atoms with E-state index in [1.54, 1.807) is 30.3 Å². The number of unbranched alkanes of at least 4 members (excludes halogenated alkanes) is 1. The van der Waals surface area contributed by atoms with E-state index in [1.165, 1.54) is 0 Å². The molecule has 12 heteroatoms. The van der Waals surface area contributed by atoms with Gasteiger partial charge < -0.3 is 35.2 Å². The lowest BCUT2D eigenvalue weighted by Gasteiger charge is -2.41. The van der Waals surface area contributed by atoms with E-state index in [0.29, 0.717) is 18.4 Å². The van der Waals surface area contributed by atoms with E-state index in [0.717, 1.165) is 6.42 Å². The molecule has 1 fully saturated rings. The van der Waals surface area contributed by atoms with Crippen molar-refractivity contribution in [2.75, 3.05) is 11.5 Å². The number of alkyl carbamates (subject to hydrolysis) is 1. The highest BCUT2D eigenvalue weighted by molar-refractivity contribution is 7.91. The second kappa shape index (κ2) is 12.3. The molecule has 0 aromatic heterocycles. The number of amides is 1. The minimum absolute atomic E-state index is 0.126. The van der Waals surface area contributed by atoms with E-state index >= 15 is 0 Å². The molecule has 6 unspecified atom stereocenters. The lowest BCUT2D eigenvalue weighted by atomic mass is 9.86. The zero-order valence-electron chi connectivity index (χ0n) is 18.2. The summed E-state index contributed by atoms with van der Waals surface area (Å²) in [5.74, 6) is -3.99. The summed E-state index contributed by atoms with van der Waals surface area (Å²) < 4.78 is 35.6. The Labute approximate surface area is 192 Å². The molecule has 0 bridgehead atoms. The van der Waals surface area contributed by atoms with Gasteiger partial charge in [-0.2, -0.15) is 0 Å². The number of aliphatic hydroxyl groups is 3. The van der Waals surface area contributed by atoms with Crippen molar-refractivity contribution in [1.82, 2.24) is 5.32 Å². The summed E-state index contributed by atoms with van der Waals surface area (Å²) in [6.07, 6.45) is -5.30. The number of aliphatic hydroxyl groups excluding tert-OH is 3. The van der Waals surface area contributed by atoms with Gasteiger partial charge >= 0.3 is 12.1 Å². The summed E-state index contributed by atoms with van der Waals surface area (Å²) in [5.41, 5.74) is 0.666. The van der Waals surface area contributed by atoms with Crippen LogP contribution in [0.5, 0.6) is 0 Å². The molecule has 11 nitrogen and oxygen atoms in total. The quantitative estimate of drug-likeness (QED) is 0.284. The van der Waals surface area contributed by atoms with Crippen molar-refractivity contribution >= 4 is 21.9 Å². The number of carbonyl (C=O) groups is 2. The van der Waals surface area contributed by atoms with Gasteiger partial charge in [-0.15, -0.1) is 0 Å². The summed E-state index contributed by atoms with van der Waals surface area (Å²) >= 11 is 0. The molecule has 1 aliphatic rings. The number of carboxylic acids is 1. The molecule has 1 saturated heterocycles. The fraction of sp³-hybridized carbons (Fsp3) is 0.619. The molecule has 1 amide bonds. The van der Waals surface area contributed by atoms with Crippen LogP contribution in [0.15, 0.2) is 30.3 Å². The summed E-state index contributed by atoms with van der Waals surface area (Å²) in [6.45, 7) is 1.77. The third-order valence-corrected chi connectivity index (χ3v) is 7.08. The topological polar surface area (TPSA) is 180 Å². The first-order chi connectivity index (χ1) is 15.5. The molecule has 33 heavy (non-hydrogen) atoms. The minimum atomic E-state index is -4.14. The zero-order chi connectivity index (χ0) is 24.6. The Kier molecular flexibility index (Phi) is 10.0. The lowest BCUT2D eigenvalue weighted by molar-refractivity contribution is -0.264. The van der Waals surface area contributed by atoms with Crippen LogP contribution < -0.4 is 5.32 Å². The molecule has 1 aromatic carbocycles. The molecule has 0 aliphatic carbocycles. The van der Waals surface area contributed by atoms with Gasteiger partial charge in [-0.3, -0.25) is 0 Å². The largest absolute Gasteiger partial charge is 0.480 e. The van der Waals surface area contributed by atoms with Gasteiger partial charge in [-0.1, -0.05) is 50.1 Å². The highest BCUT2D eigenvalue weighted by Gasteiger charge is 2.45. The second-order valence-corrected chi connectivity index (χ2v) is 10.2. The summed E-state index contributed by atoms with van der Waals surface area (Å²) in [7, 11) is -4.14. The zero-order valence-corrected chi connectivity index (χ0v) is 19.1. The molecule has 0 radical (unpaired) electrons. The van der Waals surface area contributed by atoms with E-state index in [4.69, 9.17) is 9.47 Å². The number of carboxylic acid groups (broad SMARTS) is 1. The first kappa shape index (κ1) is 27.0. The maximum Gasteiger partial charge on any atom is 0.408 e. The molecule has 5 N–H and O–H groups in total. The SMILES string of the molecule is CCCCC1C(CS(=O)(=O)CC(NC(=O)OCc2ccccc2)C(=O)O)OC(O)C(O)C1O. The van der Waals surface area contributed by atoms with Crippen molar-refractivity contribution in [3.05, 3.63) is 35.9 Å². The van der Waals surface area contributed by atoms with E-state index in [2.05, 4.69) is 0 Å². The summed E-state index contributed by atoms with van der Waals surface area (Å²) in [4.78, 5) is 23.5. The van der Waals surface area contributed by atoms with Crippen molar-refractivity contribution < 1.29 is 47.9 Å². The highest BCUT2D eigenvalue weighted by Crippen LogP contribution is 2.30. The van der Waals surface area contributed by atoms with Gasteiger partial charge in [-0.05, 0) is 12.0 Å². The van der Waals surface area contributed by atoms with Crippen molar-refractivity contribution in [1.29, 1.82) is 0 Å². The van der Waals surface area contributed by atoms with Crippen LogP contribution in [-0.2, 0) is 30.7 Å². The number of hydrogen-bond acceptors (Lipinski definition) is 9. The van der Waals surface area contributed by atoms with Crippen molar-refractivity contribution in [2.24, 2.45) is 5.92 Å². The molecule has 6 atom stereocenters. The standard InChI is InChI=1S/C21H31NO10S/c1-2-3-9-14-16(32-20(27)18(24)17(14)23)12-33(29,30)11-15(19(25)26)22-21(28)31-10-13-7-5-4-6-8-13/h4-8,14-18,20,23-24,27H,2-3,9-12H2,1H3,(H,22,28)(H,25,26). The van der Waals surface area contributed by atoms with Crippen molar-refractivity contribution in [3.8, 4) is 0 Å². The van der Waals surface area contributed by atoms with Crippen molar-refractivity contribution in [2.45, 2.75) is 63.4 Å². The van der Waals surface area contributed by atoms with Crippen LogP contribution in [0.4, 0.5) is 4.79 Å². The van der Waals surface area contributed by atoms with Crippen molar-refractivity contribution in [3.63, 3.8) is 0 Å². The molecule has 0 spiro atoms. The van der Waals surface area contributed by atoms with E-state index < -0.39 is 70.0 Å². The summed E-state index contributed by atoms with van der Waals surface area (Å²) in [6, 6.07) is 6.86. The first-order valence-corrected chi connectivity index (χ1v) is 12.5. The van der Waals surface area contributed by atoms with E-state index in [9.17, 15) is 38.4 Å². The molecular formula is C21H31NO10S. The Morgan fingerprint density at radius 2 is 1.82 bits per heavy atom. The third kappa shape index (κ3) is 8.23. The minimum Gasteiger partial charge on any atom is -0.480 e. The predicted molar refractivity (Wildman–Crippen MR) is 116 cm³/mol. The Morgan fingerprint density at radius 1 is 1.15 bits per heavy atom. The number of benzene rings is 1. The molecule has 186 valence electrons. The number of aliphatic carboxylic acids is 1. The van der Waals surface area contributed by atoms with Gasteiger partial charge in [0.1, 0.15) is 18.8 Å². The molecule has 1 aromatic rings. The summed E-state index contributed by atoms with van der Waals surface area (Å²) in [5, 5.41) is 41.4. The highest BCUT2D eigenvalue weighted by atomic mass is 32.2. The van der Waals surface area contributed by atoms with Crippen LogP contribution in [0.3, 0.4) is 0 Å². The molecule has 1 aliphatic heterocycles. The number of rotatable bonds is 11. The Bertz CT molecular complexity index is 878. The lowest BCUT2D eigenvalue weighted by Crippen LogP contribution is -2.56. The van der Waals surface area contributed by atoms with Crippen LogP contribution in [0.25, 0.3) is 0 Å². The number of ether oxygens (including phenoxy) is 2. The van der Waals surface area contributed by atoms with Crippen LogP contribution >= 0.6 is 0 Å². The molecule has 0 saturated carbocycles. The van der Waals surface area contributed by atoms with Gasteiger partial charge in [-0.25, -0.2) is 18.0 Å². The maximum atomic E-state index is 12.7. The Hall–Kier alpha value is -2.25. The predicted octanol–water partition coefficient (Wildman–Crippen LogP) is 0.0262. The number of carbonyl (C=O) groups excluding carboxylic acids is 1. The van der Waals surface area contributed by atoms with E-state index in [1.807, 2.05) is 12.2 Å². The normalized spacial score (nSPS) is 26.4. The molecular weight excluding hydrogens is 458 g/mol. The van der Waals surface area contributed by atoms with Gasteiger partial charge in [0.05, 0.1) is 23.7 Å². The fourth-order valence-corrected chi connectivity index (χ4v) is 5.31. The van der Waals surface area contributed by atoms with Crippen LogP contribution in [0, 0.1) is 5.92 Å². The fourth-order valence-electron chi connectivity index (χ4n) is 3.62. The average Bonchev–Trinajstić information content (AvgIpc) is 2.76. The van der Waals surface area contributed by atoms with Crippen LogP contribution in [0.1, 0.15) is 31.7 Å². The van der Waals surface area contributed by atoms with Gasteiger partial charge in [0, 0.05) is 5.92 Å². The maximum absolute atomic E-state index is 12.7. The number of hydrogen-bond donors (Lipinski definition) is 5. The van der Waals surface area contributed by atoms with Crippen LogP contribution in [-0.4, -0.2) is 83.1 Å².